The van der Waals surface area contributed by atoms with E-state index >= 15 is 0 Å². The number of ether oxygens (including phenoxy) is 1. The molecule has 1 aliphatic heterocycles. The van der Waals surface area contributed by atoms with Crippen molar-refractivity contribution in [3.8, 4) is 0 Å². The van der Waals surface area contributed by atoms with Gasteiger partial charge in [-0.15, -0.1) is 0 Å². The molecule has 3 heteroatoms. The average Bonchev–Trinajstić information content (AvgIpc) is 3.17. The van der Waals surface area contributed by atoms with Gasteiger partial charge in [0, 0.05) is 37.8 Å². The van der Waals surface area contributed by atoms with Gasteiger partial charge >= 0.3 is 0 Å². The van der Waals surface area contributed by atoms with Gasteiger partial charge in [0.15, 0.2) is 0 Å². The van der Waals surface area contributed by atoms with E-state index in [-0.39, 0.29) is 0 Å². The van der Waals surface area contributed by atoms with E-state index in [1.165, 1.54) is 25.8 Å². The van der Waals surface area contributed by atoms with Crippen LogP contribution < -0.4 is 5.32 Å². The van der Waals surface area contributed by atoms with E-state index < -0.39 is 0 Å². The number of hydrogen-bond acceptors (Lipinski definition) is 3. The quantitative estimate of drug-likeness (QED) is 0.718. The maximum Gasteiger partial charge on any atom is 0.0593 e. The fraction of sp³-hybridized carbons (Fsp3) is 1.00. The average molecular weight is 268 g/mol. The van der Waals surface area contributed by atoms with Gasteiger partial charge < -0.3 is 10.1 Å². The van der Waals surface area contributed by atoms with Crippen molar-refractivity contribution in [3.05, 3.63) is 0 Å². The minimum absolute atomic E-state index is 0.352. The van der Waals surface area contributed by atoms with Gasteiger partial charge in [0.25, 0.3) is 0 Å². The van der Waals surface area contributed by atoms with Gasteiger partial charge in [-0.3, -0.25) is 4.90 Å². The fourth-order valence-electron chi connectivity index (χ4n) is 3.04. The number of piperazine rings is 1. The predicted octanol–water partition coefficient (Wildman–Crippen LogP) is 2.51. The van der Waals surface area contributed by atoms with Crippen molar-refractivity contribution in [2.45, 2.75) is 58.5 Å². The smallest absolute Gasteiger partial charge is 0.0593 e. The van der Waals surface area contributed by atoms with E-state index in [0.717, 1.165) is 38.1 Å². The second-order valence-corrected chi connectivity index (χ2v) is 7.19. The van der Waals surface area contributed by atoms with E-state index in [4.69, 9.17) is 4.74 Å². The van der Waals surface area contributed by atoms with Crippen molar-refractivity contribution in [3.63, 3.8) is 0 Å². The minimum Gasteiger partial charge on any atom is -0.380 e. The molecule has 19 heavy (non-hydrogen) atoms. The van der Waals surface area contributed by atoms with Crippen LogP contribution in [0.4, 0.5) is 0 Å². The molecule has 2 fully saturated rings. The van der Waals surface area contributed by atoms with Crippen LogP contribution in [0.15, 0.2) is 0 Å². The molecular formula is C16H32N2O. The van der Waals surface area contributed by atoms with Crippen molar-refractivity contribution >= 4 is 0 Å². The second-order valence-electron chi connectivity index (χ2n) is 7.19. The zero-order valence-electron chi connectivity index (χ0n) is 13.2. The number of rotatable bonds is 7. The van der Waals surface area contributed by atoms with E-state index in [2.05, 4.69) is 37.9 Å². The lowest BCUT2D eigenvalue weighted by molar-refractivity contribution is 0.0418. The summed E-state index contributed by atoms with van der Waals surface area (Å²) < 4.78 is 5.78. The van der Waals surface area contributed by atoms with Crippen molar-refractivity contribution in [2.75, 3.05) is 32.8 Å². The third kappa shape index (κ3) is 4.44. The van der Waals surface area contributed by atoms with Crippen LogP contribution in [-0.2, 0) is 4.74 Å². The Morgan fingerprint density at radius 1 is 1.32 bits per heavy atom. The zero-order valence-corrected chi connectivity index (χ0v) is 13.2. The summed E-state index contributed by atoms with van der Waals surface area (Å²) in [4.78, 5) is 2.62. The molecule has 0 aromatic carbocycles. The molecule has 0 spiro atoms. The molecule has 2 unspecified atom stereocenters. The van der Waals surface area contributed by atoms with Gasteiger partial charge in [0.05, 0.1) is 6.61 Å². The molecule has 1 heterocycles. The number of nitrogens with zero attached hydrogens (tertiary/aromatic N) is 1. The lowest BCUT2D eigenvalue weighted by atomic mass is 9.91. The lowest BCUT2D eigenvalue weighted by Crippen LogP contribution is -2.63. The molecule has 3 nitrogen and oxygen atoms in total. The van der Waals surface area contributed by atoms with Gasteiger partial charge in [-0.25, -0.2) is 0 Å². The Labute approximate surface area is 119 Å². The van der Waals surface area contributed by atoms with Crippen LogP contribution in [0, 0.1) is 11.8 Å². The Morgan fingerprint density at radius 3 is 2.68 bits per heavy atom. The normalized spacial score (nSPS) is 33.0. The Morgan fingerprint density at radius 2 is 2.05 bits per heavy atom. The van der Waals surface area contributed by atoms with Crippen LogP contribution in [0.2, 0.25) is 0 Å². The maximum atomic E-state index is 5.78. The van der Waals surface area contributed by atoms with Gasteiger partial charge in [-0.2, -0.15) is 0 Å². The Bertz CT molecular complexity index is 278. The van der Waals surface area contributed by atoms with E-state index in [0.29, 0.717) is 11.6 Å². The van der Waals surface area contributed by atoms with E-state index in [1.54, 1.807) is 0 Å². The molecule has 1 saturated heterocycles. The van der Waals surface area contributed by atoms with Gasteiger partial charge in [-0.1, -0.05) is 13.8 Å². The summed E-state index contributed by atoms with van der Waals surface area (Å²) >= 11 is 0. The Balaban J connectivity index is 1.69. The molecule has 2 atom stereocenters. The summed E-state index contributed by atoms with van der Waals surface area (Å²) in [7, 11) is 0. The van der Waals surface area contributed by atoms with Crippen LogP contribution >= 0.6 is 0 Å². The molecule has 2 rings (SSSR count). The van der Waals surface area contributed by atoms with Crippen molar-refractivity contribution in [1.82, 2.24) is 10.2 Å². The van der Waals surface area contributed by atoms with Gasteiger partial charge in [-0.05, 0) is 44.9 Å². The topological polar surface area (TPSA) is 24.5 Å². The first-order chi connectivity index (χ1) is 9.01. The highest BCUT2D eigenvalue weighted by Crippen LogP contribution is 2.41. The maximum absolute atomic E-state index is 5.78. The molecule has 0 amide bonds. The molecule has 0 aromatic rings. The molecular weight excluding hydrogens is 236 g/mol. The molecule has 0 bridgehead atoms. The Hall–Kier alpha value is -0.120. The lowest BCUT2D eigenvalue weighted by Gasteiger charge is -2.45. The standard InChI is InChI=1S/C16H32N2O/c1-13(2)7-9-19-10-8-18-12-16(4,15-5-6-15)17-11-14(18)3/h13-15,17H,5-12H2,1-4H3. The third-order valence-electron chi connectivity index (χ3n) is 4.80. The largest absolute Gasteiger partial charge is 0.380 e. The van der Waals surface area contributed by atoms with Gasteiger partial charge in [0.2, 0.25) is 0 Å². The second kappa shape index (κ2) is 6.55. The third-order valence-corrected chi connectivity index (χ3v) is 4.80. The summed E-state index contributed by atoms with van der Waals surface area (Å²) in [5.74, 6) is 1.65. The fourth-order valence-corrected chi connectivity index (χ4v) is 3.04. The SMILES string of the molecule is CC(C)CCOCCN1CC(C)(C2CC2)NCC1C. The highest BCUT2D eigenvalue weighted by Gasteiger charge is 2.45. The zero-order chi connectivity index (χ0) is 13.9. The van der Waals surface area contributed by atoms with Crippen LogP contribution in [0.3, 0.4) is 0 Å². The first-order valence-electron chi connectivity index (χ1n) is 8.08. The highest BCUT2D eigenvalue weighted by atomic mass is 16.5. The summed E-state index contributed by atoms with van der Waals surface area (Å²) in [5, 5.41) is 3.77. The Kier molecular flexibility index (Phi) is 5.27. The molecule has 112 valence electrons. The van der Waals surface area contributed by atoms with Crippen LogP contribution in [0.5, 0.6) is 0 Å². The molecule has 1 aliphatic carbocycles. The molecule has 1 saturated carbocycles. The van der Waals surface area contributed by atoms with Crippen LogP contribution in [0.1, 0.15) is 47.0 Å². The van der Waals surface area contributed by atoms with Crippen molar-refractivity contribution in [2.24, 2.45) is 11.8 Å². The highest BCUT2D eigenvalue weighted by molar-refractivity contribution is 5.03. The molecule has 0 radical (unpaired) electrons. The first kappa shape index (κ1) is 15.3. The van der Waals surface area contributed by atoms with Crippen molar-refractivity contribution in [1.29, 1.82) is 0 Å². The first-order valence-corrected chi connectivity index (χ1v) is 8.08. The molecule has 2 aliphatic rings. The van der Waals surface area contributed by atoms with Crippen LogP contribution in [0.25, 0.3) is 0 Å². The van der Waals surface area contributed by atoms with Crippen molar-refractivity contribution < 1.29 is 4.74 Å². The summed E-state index contributed by atoms with van der Waals surface area (Å²) in [5.41, 5.74) is 0.352. The van der Waals surface area contributed by atoms with E-state index in [1.807, 2.05) is 0 Å². The minimum atomic E-state index is 0.352. The summed E-state index contributed by atoms with van der Waals surface area (Å²) in [6.07, 6.45) is 4.00. The monoisotopic (exact) mass is 268 g/mol. The summed E-state index contributed by atoms with van der Waals surface area (Å²) in [6, 6.07) is 0.639. The summed E-state index contributed by atoms with van der Waals surface area (Å²) in [6.45, 7) is 14.4. The predicted molar refractivity (Wildman–Crippen MR) is 80.4 cm³/mol. The molecule has 1 N–H and O–H groups in total. The number of hydrogen-bond donors (Lipinski definition) is 1. The van der Waals surface area contributed by atoms with E-state index in [9.17, 15) is 0 Å². The molecule has 0 aromatic heterocycles. The van der Waals surface area contributed by atoms with Crippen LogP contribution in [-0.4, -0.2) is 49.3 Å². The van der Waals surface area contributed by atoms with Gasteiger partial charge in [0.1, 0.15) is 0 Å². The number of nitrogens with one attached hydrogen (secondary N) is 1.